The number of ether oxygens (including phenoxy) is 1. The average molecular weight is 335 g/mol. The second kappa shape index (κ2) is 8.55. The number of amides is 1. The van der Waals surface area contributed by atoms with E-state index < -0.39 is 5.91 Å². The fourth-order valence-corrected chi connectivity index (χ4v) is 2.27. The smallest absolute Gasteiger partial charge is 0.267 e. The minimum absolute atomic E-state index is 0.0156. The molecule has 2 aromatic carbocycles. The molecule has 0 heterocycles. The second-order valence-electron chi connectivity index (χ2n) is 5.65. The fourth-order valence-electron chi connectivity index (χ4n) is 2.27. The number of nitriles is 1. The van der Waals surface area contributed by atoms with Gasteiger partial charge in [-0.25, -0.2) is 0 Å². The Morgan fingerprint density at radius 2 is 1.96 bits per heavy atom. The number of rotatable bonds is 6. The first-order valence-corrected chi connectivity index (χ1v) is 7.91. The van der Waals surface area contributed by atoms with E-state index in [0.717, 1.165) is 16.9 Å². The third-order valence-electron chi connectivity index (χ3n) is 3.73. The summed E-state index contributed by atoms with van der Waals surface area (Å²) in [4.78, 5) is 12.2. The number of hydrogen-bond donors (Lipinski definition) is 2. The quantitative estimate of drug-likeness (QED) is 0.623. The maximum atomic E-state index is 12.2. The summed E-state index contributed by atoms with van der Waals surface area (Å²) in [6.07, 6.45) is 1.44. The van der Waals surface area contributed by atoms with Crippen LogP contribution in [0.1, 0.15) is 24.1 Å². The second-order valence-corrected chi connectivity index (χ2v) is 5.65. The first kappa shape index (κ1) is 18.1. The maximum Gasteiger partial charge on any atom is 0.267 e. The number of methoxy groups -OCH3 is 1. The monoisotopic (exact) mass is 335 g/mol. The Bertz CT molecular complexity index is 804. The van der Waals surface area contributed by atoms with E-state index in [2.05, 4.69) is 10.6 Å². The number of benzene rings is 2. The van der Waals surface area contributed by atoms with Crippen LogP contribution in [0.5, 0.6) is 5.75 Å². The first-order chi connectivity index (χ1) is 12.0. The molecule has 0 aliphatic rings. The largest absolute Gasteiger partial charge is 0.497 e. The van der Waals surface area contributed by atoms with Gasteiger partial charge < -0.3 is 15.4 Å². The summed E-state index contributed by atoms with van der Waals surface area (Å²) in [7, 11) is 1.62. The molecule has 0 fully saturated rings. The highest BCUT2D eigenvalue weighted by Crippen LogP contribution is 2.17. The Labute approximate surface area is 147 Å². The molecule has 1 atom stereocenters. The summed E-state index contributed by atoms with van der Waals surface area (Å²) < 4.78 is 5.13. The van der Waals surface area contributed by atoms with Gasteiger partial charge in [0.05, 0.1) is 7.11 Å². The molecule has 1 amide bonds. The van der Waals surface area contributed by atoms with Crippen molar-refractivity contribution >= 4 is 11.6 Å². The molecule has 2 aromatic rings. The van der Waals surface area contributed by atoms with E-state index >= 15 is 0 Å². The van der Waals surface area contributed by atoms with Crippen LogP contribution in [-0.2, 0) is 4.79 Å². The van der Waals surface area contributed by atoms with E-state index in [1.807, 2.05) is 62.4 Å². The van der Waals surface area contributed by atoms with E-state index in [1.54, 1.807) is 13.2 Å². The normalized spacial score (nSPS) is 12.0. The molecule has 0 spiro atoms. The zero-order valence-electron chi connectivity index (χ0n) is 14.5. The number of carbonyl (C=O) groups excluding carboxylic acids is 1. The van der Waals surface area contributed by atoms with Crippen molar-refractivity contribution in [2.24, 2.45) is 0 Å². The van der Waals surface area contributed by atoms with Gasteiger partial charge in [-0.1, -0.05) is 24.3 Å². The Hall–Kier alpha value is -3.26. The molecule has 5 heteroatoms. The van der Waals surface area contributed by atoms with E-state index in [4.69, 9.17) is 4.74 Å². The highest BCUT2D eigenvalue weighted by Gasteiger charge is 2.11. The third kappa shape index (κ3) is 5.11. The Balaban J connectivity index is 2.03. The molecule has 25 heavy (non-hydrogen) atoms. The minimum atomic E-state index is -0.442. The topological polar surface area (TPSA) is 74.1 Å². The fraction of sp³-hybridized carbons (Fsp3) is 0.200. The summed E-state index contributed by atoms with van der Waals surface area (Å²) in [5, 5.41) is 15.1. The lowest BCUT2D eigenvalue weighted by atomic mass is 10.1. The van der Waals surface area contributed by atoms with Crippen LogP contribution in [0.2, 0.25) is 0 Å². The Kier molecular flexibility index (Phi) is 6.19. The van der Waals surface area contributed by atoms with E-state index in [1.165, 1.54) is 6.20 Å². The van der Waals surface area contributed by atoms with Crippen molar-refractivity contribution in [3.8, 4) is 11.8 Å². The predicted octanol–water partition coefficient (Wildman–Crippen LogP) is 3.70. The highest BCUT2D eigenvalue weighted by atomic mass is 16.5. The van der Waals surface area contributed by atoms with Gasteiger partial charge >= 0.3 is 0 Å². The number of carbonyl (C=O) groups is 1. The predicted molar refractivity (Wildman–Crippen MR) is 98.0 cm³/mol. The van der Waals surface area contributed by atoms with Crippen molar-refractivity contribution < 1.29 is 9.53 Å². The summed E-state index contributed by atoms with van der Waals surface area (Å²) in [6, 6.07) is 16.9. The summed E-state index contributed by atoms with van der Waals surface area (Å²) in [5.41, 5.74) is 2.73. The number of aryl methyl sites for hydroxylation is 1. The van der Waals surface area contributed by atoms with Crippen LogP contribution in [0.25, 0.3) is 0 Å². The van der Waals surface area contributed by atoms with Crippen LogP contribution in [-0.4, -0.2) is 13.0 Å². The van der Waals surface area contributed by atoms with Gasteiger partial charge in [-0.05, 0) is 49.2 Å². The van der Waals surface area contributed by atoms with E-state index in [9.17, 15) is 10.1 Å². The van der Waals surface area contributed by atoms with Crippen molar-refractivity contribution in [1.82, 2.24) is 5.32 Å². The molecular formula is C20H21N3O2. The molecule has 0 radical (unpaired) electrons. The Morgan fingerprint density at radius 1 is 1.24 bits per heavy atom. The molecule has 0 aliphatic heterocycles. The van der Waals surface area contributed by atoms with Crippen LogP contribution in [0, 0.1) is 18.3 Å². The molecule has 0 bridgehead atoms. The van der Waals surface area contributed by atoms with Crippen LogP contribution < -0.4 is 15.4 Å². The molecule has 128 valence electrons. The zero-order valence-corrected chi connectivity index (χ0v) is 14.5. The van der Waals surface area contributed by atoms with Gasteiger partial charge in [0.25, 0.3) is 5.91 Å². The maximum absolute atomic E-state index is 12.2. The molecule has 2 N–H and O–H groups in total. The number of anilines is 1. The standard InChI is InChI=1S/C20H21N3O2/c1-14-5-4-6-18(11-14)23-20(24)17(12-21)13-22-15(2)16-7-9-19(25-3)10-8-16/h4-11,13,15,22H,1-3H3,(H,23,24)/b17-13-. The molecule has 0 aliphatic carbocycles. The van der Waals surface area contributed by atoms with Crippen molar-refractivity contribution in [3.05, 3.63) is 71.4 Å². The first-order valence-electron chi connectivity index (χ1n) is 7.91. The molecule has 1 unspecified atom stereocenters. The van der Waals surface area contributed by atoms with Gasteiger partial charge in [0.1, 0.15) is 17.4 Å². The summed E-state index contributed by atoms with van der Waals surface area (Å²) in [6.45, 7) is 3.89. The Morgan fingerprint density at radius 3 is 2.56 bits per heavy atom. The molecular weight excluding hydrogens is 314 g/mol. The molecule has 0 saturated carbocycles. The number of hydrogen-bond acceptors (Lipinski definition) is 4. The molecule has 2 rings (SSSR count). The lowest BCUT2D eigenvalue weighted by molar-refractivity contribution is -0.112. The van der Waals surface area contributed by atoms with Crippen LogP contribution in [0.3, 0.4) is 0 Å². The number of nitrogens with zero attached hydrogens (tertiary/aromatic N) is 1. The molecule has 5 nitrogen and oxygen atoms in total. The average Bonchev–Trinajstić information content (AvgIpc) is 2.62. The van der Waals surface area contributed by atoms with Crippen LogP contribution >= 0.6 is 0 Å². The van der Waals surface area contributed by atoms with Gasteiger partial charge in [0.2, 0.25) is 0 Å². The molecule has 0 aromatic heterocycles. The minimum Gasteiger partial charge on any atom is -0.497 e. The summed E-state index contributed by atoms with van der Waals surface area (Å²) >= 11 is 0. The van der Waals surface area contributed by atoms with Crippen molar-refractivity contribution in [3.63, 3.8) is 0 Å². The zero-order chi connectivity index (χ0) is 18.2. The van der Waals surface area contributed by atoms with Gasteiger partial charge in [-0.15, -0.1) is 0 Å². The lowest BCUT2D eigenvalue weighted by Gasteiger charge is -2.13. The van der Waals surface area contributed by atoms with Gasteiger partial charge in [-0.2, -0.15) is 5.26 Å². The van der Waals surface area contributed by atoms with E-state index in [0.29, 0.717) is 5.69 Å². The van der Waals surface area contributed by atoms with Crippen LogP contribution in [0.4, 0.5) is 5.69 Å². The van der Waals surface area contributed by atoms with Gasteiger partial charge in [0.15, 0.2) is 0 Å². The van der Waals surface area contributed by atoms with Gasteiger partial charge in [0, 0.05) is 17.9 Å². The highest BCUT2D eigenvalue weighted by molar-refractivity contribution is 6.06. The third-order valence-corrected chi connectivity index (χ3v) is 3.73. The van der Waals surface area contributed by atoms with Crippen LogP contribution in [0.15, 0.2) is 60.3 Å². The van der Waals surface area contributed by atoms with E-state index in [-0.39, 0.29) is 11.6 Å². The lowest BCUT2D eigenvalue weighted by Crippen LogP contribution is -2.18. The van der Waals surface area contributed by atoms with Gasteiger partial charge in [-0.3, -0.25) is 4.79 Å². The van der Waals surface area contributed by atoms with Crippen molar-refractivity contribution in [2.75, 3.05) is 12.4 Å². The molecule has 0 saturated heterocycles. The summed E-state index contributed by atoms with van der Waals surface area (Å²) in [5.74, 6) is 0.337. The van der Waals surface area contributed by atoms with Crippen molar-refractivity contribution in [1.29, 1.82) is 5.26 Å². The SMILES string of the molecule is COc1ccc(C(C)N/C=C(/C#N)C(=O)Nc2cccc(C)c2)cc1. The number of nitrogens with one attached hydrogen (secondary N) is 2. The van der Waals surface area contributed by atoms with Crippen molar-refractivity contribution in [2.45, 2.75) is 19.9 Å².